The number of carbonyl (C=O) groups excluding carboxylic acids is 3. The quantitative estimate of drug-likeness (QED) is 0.781. The van der Waals surface area contributed by atoms with Gasteiger partial charge in [-0.1, -0.05) is 13.3 Å². The van der Waals surface area contributed by atoms with E-state index < -0.39 is 23.1 Å². The molecule has 0 aromatic heterocycles. The SMILES string of the molecule is CCC1CCC(C(=O)NC2(C(N)=O)CCN(C(=O)OC(C)(C)C)CC2)CC1. The molecule has 0 radical (unpaired) electrons. The summed E-state index contributed by atoms with van der Waals surface area (Å²) < 4.78 is 5.39. The normalized spacial score (nSPS) is 25.6. The molecule has 0 aromatic rings. The van der Waals surface area contributed by atoms with Gasteiger partial charge in [0.1, 0.15) is 11.1 Å². The van der Waals surface area contributed by atoms with Gasteiger partial charge in [-0.3, -0.25) is 9.59 Å². The molecule has 0 atom stereocenters. The highest BCUT2D eigenvalue weighted by Gasteiger charge is 2.44. The van der Waals surface area contributed by atoms with Gasteiger partial charge in [-0.05, 0) is 65.2 Å². The lowest BCUT2D eigenvalue weighted by molar-refractivity contribution is -0.136. The van der Waals surface area contributed by atoms with E-state index in [2.05, 4.69) is 12.2 Å². The average Bonchev–Trinajstić information content (AvgIpc) is 2.60. The fourth-order valence-electron chi connectivity index (χ4n) is 4.00. The van der Waals surface area contributed by atoms with Gasteiger partial charge in [0.05, 0.1) is 0 Å². The van der Waals surface area contributed by atoms with E-state index >= 15 is 0 Å². The lowest BCUT2D eigenvalue weighted by Gasteiger charge is -2.41. The zero-order chi connectivity index (χ0) is 20.2. The van der Waals surface area contributed by atoms with E-state index in [1.54, 1.807) is 4.90 Å². The third-order valence-corrected chi connectivity index (χ3v) is 5.90. The topological polar surface area (TPSA) is 102 Å². The number of hydrogen-bond acceptors (Lipinski definition) is 4. The second-order valence-electron chi connectivity index (χ2n) is 9.03. The van der Waals surface area contributed by atoms with Crippen molar-refractivity contribution in [2.24, 2.45) is 17.6 Å². The van der Waals surface area contributed by atoms with Gasteiger partial charge in [-0.2, -0.15) is 0 Å². The zero-order valence-corrected chi connectivity index (χ0v) is 17.2. The van der Waals surface area contributed by atoms with Gasteiger partial charge in [-0.15, -0.1) is 0 Å². The Balaban J connectivity index is 1.94. The third-order valence-electron chi connectivity index (χ3n) is 5.90. The molecule has 0 aromatic carbocycles. The first-order valence-corrected chi connectivity index (χ1v) is 10.2. The van der Waals surface area contributed by atoms with Crippen LogP contribution in [0.3, 0.4) is 0 Å². The zero-order valence-electron chi connectivity index (χ0n) is 17.2. The minimum atomic E-state index is -1.07. The monoisotopic (exact) mass is 381 g/mol. The van der Waals surface area contributed by atoms with Gasteiger partial charge in [0.15, 0.2) is 0 Å². The highest BCUT2D eigenvalue weighted by Crippen LogP contribution is 2.32. The van der Waals surface area contributed by atoms with Gasteiger partial charge in [0, 0.05) is 19.0 Å². The summed E-state index contributed by atoms with van der Waals surface area (Å²) in [6, 6.07) is 0. The Labute approximate surface area is 162 Å². The minimum absolute atomic E-state index is 0.0482. The molecule has 1 heterocycles. The summed E-state index contributed by atoms with van der Waals surface area (Å²) in [6.07, 6.45) is 5.24. The molecule has 27 heavy (non-hydrogen) atoms. The van der Waals surface area contributed by atoms with E-state index in [4.69, 9.17) is 10.5 Å². The Bertz CT molecular complexity index is 554. The van der Waals surface area contributed by atoms with E-state index in [1.165, 1.54) is 0 Å². The van der Waals surface area contributed by atoms with Crippen LogP contribution in [0.5, 0.6) is 0 Å². The number of piperidine rings is 1. The number of rotatable bonds is 4. The Kier molecular flexibility index (Phi) is 6.76. The summed E-state index contributed by atoms with van der Waals surface area (Å²) in [7, 11) is 0. The fraction of sp³-hybridized carbons (Fsp3) is 0.850. The number of carbonyl (C=O) groups is 3. The van der Waals surface area contributed by atoms with Crippen LogP contribution in [-0.2, 0) is 14.3 Å². The third kappa shape index (κ3) is 5.59. The maximum atomic E-state index is 12.7. The predicted molar refractivity (Wildman–Crippen MR) is 103 cm³/mol. The molecule has 2 aliphatic rings. The molecule has 0 bridgehead atoms. The molecular formula is C20H35N3O4. The van der Waals surface area contributed by atoms with Crippen molar-refractivity contribution in [1.29, 1.82) is 0 Å². The Hall–Kier alpha value is -1.79. The summed E-state index contributed by atoms with van der Waals surface area (Å²) in [5, 5.41) is 2.95. The van der Waals surface area contributed by atoms with Crippen LogP contribution >= 0.6 is 0 Å². The molecule has 2 rings (SSSR count). The average molecular weight is 382 g/mol. The molecule has 3 amide bonds. The molecule has 7 heteroatoms. The van der Waals surface area contributed by atoms with E-state index in [-0.39, 0.29) is 11.8 Å². The molecule has 2 fully saturated rings. The Morgan fingerprint density at radius 3 is 2.11 bits per heavy atom. The van der Waals surface area contributed by atoms with Crippen molar-refractivity contribution in [3.8, 4) is 0 Å². The number of ether oxygens (including phenoxy) is 1. The van der Waals surface area contributed by atoms with Crippen LogP contribution in [0.4, 0.5) is 4.79 Å². The molecule has 1 saturated carbocycles. The van der Waals surface area contributed by atoms with Crippen molar-refractivity contribution >= 4 is 17.9 Å². The summed E-state index contributed by atoms with van der Waals surface area (Å²) in [5.74, 6) is 0.0557. The number of likely N-dealkylation sites (tertiary alicyclic amines) is 1. The summed E-state index contributed by atoms with van der Waals surface area (Å²) in [5.41, 5.74) is 4.02. The predicted octanol–water partition coefficient (Wildman–Crippen LogP) is 2.57. The molecule has 0 spiro atoms. The highest BCUT2D eigenvalue weighted by atomic mass is 16.6. The number of nitrogens with zero attached hydrogens (tertiary/aromatic N) is 1. The first-order valence-electron chi connectivity index (χ1n) is 10.2. The second-order valence-corrected chi connectivity index (χ2v) is 9.03. The molecule has 0 unspecified atom stereocenters. The van der Waals surface area contributed by atoms with Crippen molar-refractivity contribution in [2.45, 2.75) is 83.8 Å². The van der Waals surface area contributed by atoms with Gasteiger partial charge in [0.25, 0.3) is 0 Å². The van der Waals surface area contributed by atoms with E-state index in [1.807, 2.05) is 20.8 Å². The van der Waals surface area contributed by atoms with Crippen molar-refractivity contribution in [3.63, 3.8) is 0 Å². The smallest absolute Gasteiger partial charge is 0.410 e. The molecule has 3 N–H and O–H groups in total. The standard InChI is InChI=1S/C20H35N3O4/c1-5-14-6-8-15(9-7-14)16(24)22-20(17(21)25)10-12-23(13-11-20)18(26)27-19(2,3)4/h14-15H,5-13H2,1-4H3,(H2,21,25)(H,22,24). The first-order chi connectivity index (χ1) is 12.6. The van der Waals surface area contributed by atoms with Gasteiger partial charge in [0.2, 0.25) is 11.8 Å². The van der Waals surface area contributed by atoms with Gasteiger partial charge >= 0.3 is 6.09 Å². The minimum Gasteiger partial charge on any atom is -0.444 e. The van der Waals surface area contributed by atoms with Crippen LogP contribution in [0.15, 0.2) is 0 Å². The van der Waals surface area contributed by atoms with Crippen LogP contribution in [0.2, 0.25) is 0 Å². The maximum Gasteiger partial charge on any atom is 0.410 e. The number of hydrogen-bond donors (Lipinski definition) is 2. The van der Waals surface area contributed by atoms with Crippen molar-refractivity contribution in [1.82, 2.24) is 10.2 Å². The Morgan fingerprint density at radius 2 is 1.67 bits per heavy atom. The largest absolute Gasteiger partial charge is 0.444 e. The molecule has 154 valence electrons. The summed E-state index contributed by atoms with van der Waals surface area (Å²) >= 11 is 0. The van der Waals surface area contributed by atoms with Gasteiger partial charge < -0.3 is 20.7 Å². The molecule has 1 aliphatic carbocycles. The maximum absolute atomic E-state index is 12.7. The van der Waals surface area contributed by atoms with Gasteiger partial charge in [-0.25, -0.2) is 4.79 Å². The van der Waals surface area contributed by atoms with Crippen LogP contribution < -0.4 is 11.1 Å². The summed E-state index contributed by atoms with van der Waals surface area (Å²) in [6.45, 7) is 8.30. The van der Waals surface area contributed by atoms with Crippen molar-refractivity contribution < 1.29 is 19.1 Å². The highest BCUT2D eigenvalue weighted by molar-refractivity contribution is 5.91. The molecular weight excluding hydrogens is 346 g/mol. The van der Waals surface area contributed by atoms with Crippen molar-refractivity contribution in [2.75, 3.05) is 13.1 Å². The summed E-state index contributed by atoms with van der Waals surface area (Å²) in [4.78, 5) is 38.7. The lowest BCUT2D eigenvalue weighted by atomic mass is 9.79. The van der Waals surface area contributed by atoms with Crippen LogP contribution in [0.1, 0.15) is 72.6 Å². The van der Waals surface area contributed by atoms with Crippen molar-refractivity contribution in [3.05, 3.63) is 0 Å². The molecule has 1 saturated heterocycles. The molecule has 1 aliphatic heterocycles. The number of primary amides is 1. The van der Waals surface area contributed by atoms with Crippen LogP contribution in [0, 0.1) is 11.8 Å². The number of nitrogens with two attached hydrogens (primary N) is 1. The second kappa shape index (κ2) is 8.48. The lowest BCUT2D eigenvalue weighted by Crippen LogP contribution is -2.63. The number of nitrogens with one attached hydrogen (secondary N) is 1. The Morgan fingerprint density at radius 1 is 1.11 bits per heavy atom. The number of amides is 3. The van der Waals surface area contributed by atoms with Crippen LogP contribution in [-0.4, -0.2) is 47.0 Å². The van der Waals surface area contributed by atoms with Crippen LogP contribution in [0.25, 0.3) is 0 Å². The van der Waals surface area contributed by atoms with E-state index in [9.17, 15) is 14.4 Å². The fourth-order valence-corrected chi connectivity index (χ4v) is 4.00. The molecule has 7 nitrogen and oxygen atoms in total. The van der Waals surface area contributed by atoms with E-state index in [0.717, 1.165) is 32.1 Å². The van der Waals surface area contributed by atoms with E-state index in [0.29, 0.717) is 31.8 Å². The first kappa shape index (κ1) is 21.5.